The van der Waals surface area contributed by atoms with E-state index in [1.807, 2.05) is 63.4 Å². The number of nitrogens with one attached hydrogen (secondary N) is 1. The summed E-state index contributed by atoms with van der Waals surface area (Å²) < 4.78 is 17.1. The van der Waals surface area contributed by atoms with Crippen molar-refractivity contribution in [2.75, 3.05) is 23.3 Å². The van der Waals surface area contributed by atoms with Crippen LogP contribution in [0.15, 0.2) is 73.1 Å². The summed E-state index contributed by atoms with van der Waals surface area (Å²) >= 11 is 12.2. The minimum atomic E-state index is -0.562. The lowest BCUT2D eigenvalue weighted by Gasteiger charge is -2.26. The third kappa shape index (κ3) is 7.97. The number of carbonyl (C=O) groups is 1. The van der Waals surface area contributed by atoms with Crippen LogP contribution in [-0.4, -0.2) is 34.8 Å². The fourth-order valence-corrected chi connectivity index (χ4v) is 5.49. The van der Waals surface area contributed by atoms with E-state index in [1.54, 1.807) is 35.4 Å². The van der Waals surface area contributed by atoms with E-state index in [2.05, 4.69) is 43.0 Å². The van der Waals surface area contributed by atoms with Crippen molar-refractivity contribution in [1.29, 1.82) is 0 Å². The lowest BCUT2D eigenvalue weighted by Crippen LogP contribution is -2.38. The molecule has 2 aromatic carbocycles. The molecule has 46 heavy (non-hydrogen) atoms. The van der Waals surface area contributed by atoms with Crippen molar-refractivity contribution in [3.63, 3.8) is 0 Å². The first-order valence-corrected chi connectivity index (χ1v) is 15.5. The third-order valence-corrected chi connectivity index (χ3v) is 8.10. The van der Waals surface area contributed by atoms with Gasteiger partial charge in [0, 0.05) is 65.3 Å². The maximum Gasteiger partial charge on any atom is 0.414 e. The van der Waals surface area contributed by atoms with E-state index >= 15 is 0 Å². The summed E-state index contributed by atoms with van der Waals surface area (Å²) in [7, 11) is 0. The number of aromatic nitrogens is 2. The van der Waals surface area contributed by atoms with Crippen molar-refractivity contribution >= 4 is 53.1 Å². The molecule has 4 aromatic rings. The fourth-order valence-electron chi connectivity index (χ4n) is 5.14. The third-order valence-electron chi connectivity index (χ3n) is 7.48. The number of rotatable bonds is 4. The molecule has 1 N–H and O–H groups in total. The predicted octanol–water partition coefficient (Wildman–Crippen LogP) is 10.2. The molecule has 2 aromatic heterocycles. The van der Waals surface area contributed by atoms with E-state index in [9.17, 15) is 4.79 Å². The number of fused-ring (bicyclic) bond motifs is 2. The van der Waals surface area contributed by atoms with Gasteiger partial charge in [0.15, 0.2) is 0 Å². The SMILES string of the molecule is CC(C)(C)OC(=O)N1CC(C)(C)c2cnc(Oc3ccccc3Cl)cc21.CC1(C)CNc2cc(Oc3ccccc3Cl)ncc21.Cl. The van der Waals surface area contributed by atoms with Crippen molar-refractivity contribution in [3.05, 3.63) is 94.2 Å². The molecule has 11 heteroatoms. The van der Waals surface area contributed by atoms with E-state index in [4.69, 9.17) is 37.4 Å². The number of pyridine rings is 2. The van der Waals surface area contributed by atoms with Gasteiger partial charge in [0.05, 0.1) is 15.7 Å². The number of amides is 1. The highest BCUT2D eigenvalue weighted by molar-refractivity contribution is 6.32. The number of carbonyl (C=O) groups excluding carboxylic acids is 1. The number of hydrogen-bond acceptors (Lipinski definition) is 7. The van der Waals surface area contributed by atoms with Crippen LogP contribution in [-0.2, 0) is 15.6 Å². The standard InChI is InChI=1S/C20H23ClN2O3.C15H15ClN2O.ClH/c1-19(2,3)26-18(24)23-12-20(4,5)13-11-22-17(10-15(13)23)25-16-9-7-6-8-14(16)21;1-15(2)9-18-12-7-14(17-8-10(12)15)19-13-6-4-3-5-11(13)16;/h6-11H,12H2,1-5H3;3-8,18H,9H2,1-2H3;1H. The van der Waals surface area contributed by atoms with Gasteiger partial charge in [-0.1, -0.05) is 75.2 Å². The minimum Gasteiger partial charge on any atom is -0.443 e. The number of benzene rings is 2. The molecule has 8 nitrogen and oxygen atoms in total. The monoisotopic (exact) mass is 684 g/mol. The fraction of sp³-hybridized carbons (Fsp3) is 0.343. The molecule has 0 spiro atoms. The van der Waals surface area contributed by atoms with Crippen molar-refractivity contribution in [1.82, 2.24) is 9.97 Å². The molecule has 2 aliphatic heterocycles. The van der Waals surface area contributed by atoms with Gasteiger partial charge in [0.25, 0.3) is 0 Å². The number of ether oxygens (including phenoxy) is 3. The highest BCUT2D eigenvalue weighted by atomic mass is 35.5. The van der Waals surface area contributed by atoms with Gasteiger partial charge in [-0.2, -0.15) is 0 Å². The zero-order valence-corrected chi connectivity index (χ0v) is 29.3. The predicted molar refractivity (Wildman–Crippen MR) is 187 cm³/mol. The molecule has 6 rings (SSSR count). The van der Waals surface area contributed by atoms with Crippen LogP contribution >= 0.6 is 35.6 Å². The largest absolute Gasteiger partial charge is 0.443 e. The molecule has 0 saturated carbocycles. The summed E-state index contributed by atoms with van der Waals surface area (Å²) in [4.78, 5) is 23.0. The number of para-hydroxylation sites is 2. The van der Waals surface area contributed by atoms with Crippen LogP contribution < -0.4 is 19.7 Å². The van der Waals surface area contributed by atoms with Gasteiger partial charge in [-0.05, 0) is 45.0 Å². The Bertz CT molecular complexity index is 1720. The molecule has 1 amide bonds. The van der Waals surface area contributed by atoms with Crippen molar-refractivity contribution in [2.45, 2.75) is 64.9 Å². The summed E-state index contributed by atoms with van der Waals surface area (Å²) in [6.07, 6.45) is 3.26. The van der Waals surface area contributed by atoms with Gasteiger partial charge in [0.2, 0.25) is 11.8 Å². The number of hydrogen-bond donors (Lipinski definition) is 1. The molecule has 0 aliphatic carbocycles. The summed E-state index contributed by atoms with van der Waals surface area (Å²) in [6, 6.07) is 18.3. The maximum atomic E-state index is 12.7. The molecule has 0 bridgehead atoms. The van der Waals surface area contributed by atoms with E-state index in [0.29, 0.717) is 39.8 Å². The quantitative estimate of drug-likeness (QED) is 0.229. The van der Waals surface area contributed by atoms with E-state index in [-0.39, 0.29) is 29.3 Å². The van der Waals surface area contributed by atoms with Gasteiger partial charge in [-0.15, -0.1) is 12.4 Å². The Labute approximate surface area is 286 Å². The van der Waals surface area contributed by atoms with E-state index in [0.717, 1.165) is 23.5 Å². The highest BCUT2D eigenvalue weighted by Crippen LogP contribution is 2.43. The summed E-state index contributed by atoms with van der Waals surface area (Å²) in [5, 5.41) is 4.46. The number of anilines is 2. The molecule has 0 fully saturated rings. The van der Waals surface area contributed by atoms with Crippen LogP contribution in [0.25, 0.3) is 0 Å². The molecule has 4 heterocycles. The Morgan fingerprint density at radius 3 is 1.89 bits per heavy atom. The zero-order chi connectivity index (χ0) is 32.6. The Morgan fingerprint density at radius 2 is 1.35 bits per heavy atom. The molecule has 0 saturated heterocycles. The minimum absolute atomic E-state index is 0. The summed E-state index contributed by atoms with van der Waals surface area (Å²) in [5.74, 6) is 2.07. The Balaban J connectivity index is 0.000000213. The second-order valence-electron chi connectivity index (χ2n) is 13.4. The van der Waals surface area contributed by atoms with Gasteiger partial charge in [-0.3, -0.25) is 4.90 Å². The van der Waals surface area contributed by atoms with Crippen molar-refractivity contribution < 1.29 is 19.0 Å². The zero-order valence-electron chi connectivity index (χ0n) is 27.0. The van der Waals surface area contributed by atoms with Crippen molar-refractivity contribution in [3.8, 4) is 23.3 Å². The number of halogens is 3. The molecule has 2 aliphatic rings. The van der Waals surface area contributed by atoms with Crippen LogP contribution in [0, 0.1) is 0 Å². The van der Waals surface area contributed by atoms with Crippen molar-refractivity contribution in [2.24, 2.45) is 0 Å². The Kier molecular flexibility index (Phi) is 10.4. The first-order chi connectivity index (χ1) is 21.1. The molecule has 244 valence electrons. The van der Waals surface area contributed by atoms with Gasteiger partial charge in [-0.25, -0.2) is 14.8 Å². The molecule has 0 radical (unpaired) electrons. The van der Waals surface area contributed by atoms with Crippen LogP contribution in [0.2, 0.25) is 10.0 Å². The van der Waals surface area contributed by atoms with Gasteiger partial charge < -0.3 is 19.5 Å². The highest BCUT2D eigenvalue weighted by Gasteiger charge is 2.40. The lowest BCUT2D eigenvalue weighted by atomic mass is 9.88. The van der Waals surface area contributed by atoms with E-state index in [1.165, 1.54) is 5.56 Å². The van der Waals surface area contributed by atoms with Gasteiger partial charge in [0.1, 0.15) is 17.1 Å². The molecule has 0 atom stereocenters. The molecular formula is C35H39Cl3N4O4. The topological polar surface area (TPSA) is 85.8 Å². The maximum absolute atomic E-state index is 12.7. The van der Waals surface area contributed by atoms with Crippen LogP contribution in [0.5, 0.6) is 23.3 Å². The Hall–Kier alpha value is -3.72. The Morgan fingerprint density at radius 1 is 0.826 bits per heavy atom. The lowest BCUT2D eigenvalue weighted by molar-refractivity contribution is 0.0579. The van der Waals surface area contributed by atoms with E-state index < -0.39 is 5.60 Å². The first-order valence-electron chi connectivity index (χ1n) is 14.7. The average Bonchev–Trinajstić information content (AvgIpc) is 3.42. The smallest absolute Gasteiger partial charge is 0.414 e. The summed E-state index contributed by atoms with van der Waals surface area (Å²) in [6.45, 7) is 15.5. The van der Waals surface area contributed by atoms with Crippen LogP contribution in [0.4, 0.5) is 16.2 Å². The molecular weight excluding hydrogens is 647 g/mol. The number of nitrogens with zero attached hydrogens (tertiary/aromatic N) is 3. The first kappa shape index (κ1) is 35.1. The normalized spacial score (nSPS) is 15.3. The second-order valence-corrected chi connectivity index (χ2v) is 14.2. The van der Waals surface area contributed by atoms with Crippen LogP contribution in [0.1, 0.15) is 59.6 Å². The molecule has 0 unspecified atom stereocenters. The second kappa shape index (κ2) is 13.6. The van der Waals surface area contributed by atoms with Crippen LogP contribution in [0.3, 0.4) is 0 Å². The van der Waals surface area contributed by atoms with Gasteiger partial charge >= 0.3 is 6.09 Å². The average molecular weight is 686 g/mol. The summed E-state index contributed by atoms with van der Waals surface area (Å²) in [5.41, 5.74) is 3.37.